The number of ether oxygens (including phenoxy) is 2. The number of rotatable bonds is 14. The second-order valence-electron chi connectivity index (χ2n) is 8.50. The molecule has 0 aromatic carbocycles. The summed E-state index contributed by atoms with van der Waals surface area (Å²) >= 11 is 1.53. The van der Waals surface area contributed by atoms with E-state index in [0.29, 0.717) is 24.4 Å². The molecule has 2 N–H and O–H groups in total. The molecular weight excluding hydrogens is 542 g/mol. The van der Waals surface area contributed by atoms with Crippen LogP contribution in [0.2, 0.25) is 0 Å². The molecule has 9 nitrogen and oxygen atoms in total. The van der Waals surface area contributed by atoms with E-state index in [9.17, 15) is 19.2 Å². The molecule has 0 radical (unpaired) electrons. The average Bonchev–Trinajstić information content (AvgIpc) is 3.40. The fraction of sp³-hybridized carbons (Fsp3) is 0.645. The van der Waals surface area contributed by atoms with Crippen molar-refractivity contribution < 1.29 is 28.7 Å². The lowest BCUT2D eigenvalue weighted by molar-refractivity contribution is -0.140. The molecule has 1 rings (SSSR count). The van der Waals surface area contributed by atoms with Gasteiger partial charge in [0.05, 0.1) is 18.7 Å². The Kier molecular flexibility index (Phi) is 36.4. The van der Waals surface area contributed by atoms with Gasteiger partial charge in [-0.3, -0.25) is 14.4 Å². The Morgan fingerprint density at radius 1 is 0.976 bits per heavy atom. The van der Waals surface area contributed by atoms with E-state index in [2.05, 4.69) is 60.6 Å². The first kappa shape index (κ1) is 45.0. The van der Waals surface area contributed by atoms with Crippen molar-refractivity contribution in [2.75, 3.05) is 13.7 Å². The second-order valence-corrected chi connectivity index (χ2v) is 9.44. The molecule has 0 fully saturated rings. The molecule has 238 valence electrons. The Bertz CT molecular complexity index is 825. The first-order valence-electron chi connectivity index (χ1n) is 14.5. The van der Waals surface area contributed by atoms with Crippen molar-refractivity contribution in [1.82, 2.24) is 15.6 Å². The van der Waals surface area contributed by atoms with Crippen LogP contribution in [0.1, 0.15) is 123 Å². The highest BCUT2D eigenvalue weighted by atomic mass is 32.1. The van der Waals surface area contributed by atoms with Gasteiger partial charge in [-0.15, -0.1) is 11.3 Å². The van der Waals surface area contributed by atoms with E-state index >= 15 is 0 Å². The second kappa shape index (κ2) is 33.2. The number of hydrogen-bond donors (Lipinski definition) is 2. The average molecular weight is 600 g/mol. The zero-order valence-corrected chi connectivity index (χ0v) is 28.1. The minimum atomic E-state index is -0.637. The van der Waals surface area contributed by atoms with Crippen LogP contribution in [0.25, 0.3) is 0 Å². The van der Waals surface area contributed by atoms with Crippen LogP contribution in [0, 0.1) is 5.92 Å². The molecule has 0 spiro atoms. The SMILES string of the molecule is C=C(C)NC(=O)c1csc(CCC)n1.C=C(NC=O)C(=O)OC.CC.CCCC(CCC)CCC.CCOC(C)=O. The van der Waals surface area contributed by atoms with E-state index in [1.807, 2.05) is 19.2 Å². The first-order chi connectivity index (χ1) is 19.5. The maximum atomic E-state index is 11.4. The van der Waals surface area contributed by atoms with Gasteiger partial charge in [0, 0.05) is 18.0 Å². The fourth-order valence-electron chi connectivity index (χ4n) is 3.12. The smallest absolute Gasteiger partial charge is 0.353 e. The normalized spacial score (nSPS) is 8.95. The summed E-state index contributed by atoms with van der Waals surface area (Å²) < 4.78 is 8.61. The van der Waals surface area contributed by atoms with Crippen molar-refractivity contribution in [3.05, 3.63) is 40.6 Å². The summed E-state index contributed by atoms with van der Waals surface area (Å²) in [4.78, 5) is 45.5. The number of esters is 2. The Labute approximate surface area is 253 Å². The predicted octanol–water partition coefficient (Wildman–Crippen LogP) is 7.38. The van der Waals surface area contributed by atoms with Crippen LogP contribution in [0.3, 0.4) is 0 Å². The van der Waals surface area contributed by atoms with E-state index in [1.54, 1.807) is 19.2 Å². The van der Waals surface area contributed by atoms with Gasteiger partial charge in [-0.05, 0) is 32.6 Å². The molecule has 0 aliphatic carbocycles. The number of allylic oxidation sites excluding steroid dienone is 1. The summed E-state index contributed by atoms with van der Waals surface area (Å²) in [5.41, 5.74) is 1.06. The lowest BCUT2D eigenvalue weighted by Gasteiger charge is -2.12. The van der Waals surface area contributed by atoms with Gasteiger partial charge in [0.25, 0.3) is 5.91 Å². The monoisotopic (exact) mass is 599 g/mol. The summed E-state index contributed by atoms with van der Waals surface area (Å²) in [6, 6.07) is 0. The number of thiazole rings is 1. The third-order valence-electron chi connectivity index (χ3n) is 4.68. The quantitative estimate of drug-likeness (QED) is 0.130. The number of methoxy groups -OCH3 is 1. The summed E-state index contributed by atoms with van der Waals surface area (Å²) in [7, 11) is 1.21. The van der Waals surface area contributed by atoms with Crippen LogP contribution in [0.4, 0.5) is 0 Å². The van der Waals surface area contributed by atoms with Crippen LogP contribution in [-0.2, 0) is 30.3 Å². The predicted molar refractivity (Wildman–Crippen MR) is 171 cm³/mol. The molecule has 1 heterocycles. The molecule has 0 saturated heterocycles. The van der Waals surface area contributed by atoms with E-state index in [0.717, 1.165) is 23.8 Å². The highest BCUT2D eigenvalue weighted by Crippen LogP contribution is 2.18. The van der Waals surface area contributed by atoms with Gasteiger partial charge in [-0.1, -0.05) is 93.2 Å². The number of aromatic nitrogens is 1. The number of aryl methyl sites for hydroxylation is 1. The lowest BCUT2D eigenvalue weighted by atomic mass is 9.94. The third kappa shape index (κ3) is 31.4. The molecule has 0 unspecified atom stereocenters. The Balaban J connectivity index is -0.000000227. The van der Waals surface area contributed by atoms with Gasteiger partial charge in [-0.2, -0.15) is 0 Å². The van der Waals surface area contributed by atoms with E-state index in [1.165, 1.54) is 63.9 Å². The molecule has 10 heteroatoms. The fourth-order valence-corrected chi connectivity index (χ4v) is 4.00. The van der Waals surface area contributed by atoms with Crippen molar-refractivity contribution in [3.8, 4) is 0 Å². The molecule has 1 aromatic heterocycles. The van der Waals surface area contributed by atoms with Crippen LogP contribution in [0.15, 0.2) is 29.9 Å². The number of nitrogens with zero attached hydrogens (tertiary/aromatic N) is 1. The highest BCUT2D eigenvalue weighted by molar-refractivity contribution is 7.09. The van der Waals surface area contributed by atoms with Crippen molar-refractivity contribution in [2.45, 2.75) is 114 Å². The Morgan fingerprint density at radius 2 is 1.49 bits per heavy atom. The van der Waals surface area contributed by atoms with Gasteiger partial charge in [0.1, 0.15) is 11.4 Å². The number of amides is 2. The van der Waals surface area contributed by atoms with Gasteiger partial charge in [0.2, 0.25) is 6.41 Å². The molecule has 0 aliphatic heterocycles. The molecule has 2 amide bonds. The highest BCUT2D eigenvalue weighted by Gasteiger charge is 2.09. The number of nitrogens with one attached hydrogen (secondary N) is 2. The summed E-state index contributed by atoms with van der Waals surface area (Å²) in [5, 5.41) is 7.47. The van der Waals surface area contributed by atoms with Crippen molar-refractivity contribution in [3.63, 3.8) is 0 Å². The summed E-state index contributed by atoms with van der Waals surface area (Å²) in [5.74, 6) is 0.00991. The molecular formula is C31H57N3O6S. The van der Waals surface area contributed by atoms with E-state index < -0.39 is 5.97 Å². The van der Waals surface area contributed by atoms with Crippen molar-refractivity contribution in [1.29, 1.82) is 0 Å². The van der Waals surface area contributed by atoms with Gasteiger partial charge < -0.3 is 20.1 Å². The number of hydrogen-bond acceptors (Lipinski definition) is 8. The van der Waals surface area contributed by atoms with Crippen LogP contribution < -0.4 is 10.6 Å². The lowest BCUT2D eigenvalue weighted by Crippen LogP contribution is -2.20. The Hall–Kier alpha value is -3.01. The standard InChI is InChI=1S/C10H14N2OS.C10H22.C5H7NO3.C4H8O2.C2H6/c1-4-5-9-12-8(6-14-9)10(13)11-7(2)3;1-4-7-10(8-5-2)9-6-3;1-4(6-3-7)5(8)9-2;1-3-6-4(2)5;1-2/h6H,2,4-5H2,1,3H3,(H,11,13);10H,4-9H2,1-3H3;3H,1H2,2H3,(H,6,7);3H2,1-2H3;1-2H3. The summed E-state index contributed by atoms with van der Waals surface area (Å²) in [6.45, 7) is 25.2. The minimum Gasteiger partial charge on any atom is -0.466 e. The zero-order valence-electron chi connectivity index (χ0n) is 27.3. The number of carbonyl (C=O) groups is 4. The molecule has 0 aliphatic rings. The maximum absolute atomic E-state index is 11.4. The topological polar surface area (TPSA) is 124 Å². The van der Waals surface area contributed by atoms with E-state index in [4.69, 9.17) is 0 Å². The number of carbonyl (C=O) groups excluding carboxylic acids is 4. The van der Waals surface area contributed by atoms with Gasteiger partial charge in [0.15, 0.2) is 0 Å². The van der Waals surface area contributed by atoms with Gasteiger partial charge in [-0.25, -0.2) is 9.78 Å². The van der Waals surface area contributed by atoms with Crippen molar-refractivity contribution >= 4 is 35.6 Å². The molecule has 41 heavy (non-hydrogen) atoms. The van der Waals surface area contributed by atoms with Crippen molar-refractivity contribution in [2.24, 2.45) is 5.92 Å². The van der Waals surface area contributed by atoms with Crippen LogP contribution in [0.5, 0.6) is 0 Å². The van der Waals surface area contributed by atoms with E-state index in [-0.39, 0.29) is 17.6 Å². The Morgan fingerprint density at radius 3 is 1.80 bits per heavy atom. The van der Waals surface area contributed by atoms with Gasteiger partial charge >= 0.3 is 11.9 Å². The zero-order chi connectivity index (χ0) is 32.6. The molecule has 0 saturated carbocycles. The van der Waals surface area contributed by atoms with Crippen LogP contribution in [-0.4, -0.2) is 43.0 Å². The third-order valence-corrected chi connectivity index (χ3v) is 5.59. The first-order valence-corrected chi connectivity index (χ1v) is 15.4. The molecule has 0 atom stereocenters. The minimum absolute atomic E-state index is 0.0625. The largest absolute Gasteiger partial charge is 0.466 e. The van der Waals surface area contributed by atoms with Crippen LogP contribution >= 0.6 is 11.3 Å². The summed E-state index contributed by atoms with van der Waals surface area (Å²) in [6.07, 6.45) is 10.8. The molecule has 0 bridgehead atoms. The molecule has 1 aromatic rings. The maximum Gasteiger partial charge on any atom is 0.353 e.